The van der Waals surface area contributed by atoms with Crippen molar-refractivity contribution in [2.24, 2.45) is 0 Å². The monoisotopic (exact) mass is 378 g/mol. The van der Waals surface area contributed by atoms with Crippen molar-refractivity contribution in [2.75, 3.05) is 12.4 Å². The molecular weight excluding hydrogens is 362 g/mol. The quantitative estimate of drug-likeness (QED) is 0.603. The van der Waals surface area contributed by atoms with Gasteiger partial charge in [-0.3, -0.25) is 0 Å². The van der Waals surface area contributed by atoms with Crippen molar-refractivity contribution in [2.45, 2.75) is 17.9 Å². The van der Waals surface area contributed by atoms with Gasteiger partial charge in [0.05, 0.1) is 19.3 Å². The molecule has 0 unspecified atom stereocenters. The molecule has 0 radical (unpaired) electrons. The van der Waals surface area contributed by atoms with Crippen LogP contribution < -0.4 is 0 Å². The van der Waals surface area contributed by atoms with Crippen LogP contribution in [0.4, 0.5) is 8.78 Å². The number of rotatable bonds is 8. The maximum Gasteiger partial charge on any atom is 0.276 e. The van der Waals surface area contributed by atoms with E-state index in [9.17, 15) is 13.9 Å². The van der Waals surface area contributed by atoms with Crippen molar-refractivity contribution in [3.05, 3.63) is 65.7 Å². The Bertz CT molecular complexity index is 842. The Labute approximate surface area is 153 Å². The number of halogens is 2. The van der Waals surface area contributed by atoms with E-state index in [0.29, 0.717) is 11.1 Å². The summed E-state index contributed by atoms with van der Waals surface area (Å²) < 4.78 is 37.2. The van der Waals surface area contributed by atoms with E-state index in [1.807, 2.05) is 0 Å². The van der Waals surface area contributed by atoms with Crippen molar-refractivity contribution < 1.29 is 23.0 Å². The Morgan fingerprint density at radius 1 is 1.08 bits per heavy atom. The Morgan fingerprint density at radius 3 is 2.62 bits per heavy atom. The smallest absolute Gasteiger partial charge is 0.276 e. The molecule has 1 heterocycles. The molecule has 3 aromatic rings. The number of thioether (sulfide) groups is 1. The predicted octanol–water partition coefficient (Wildman–Crippen LogP) is 3.68. The average molecular weight is 378 g/mol. The molecule has 136 valence electrons. The van der Waals surface area contributed by atoms with E-state index in [1.165, 1.54) is 30.0 Å². The van der Waals surface area contributed by atoms with Crippen LogP contribution in [0.2, 0.25) is 0 Å². The molecule has 1 aromatic heterocycles. The molecule has 5 nitrogen and oxygen atoms in total. The molecule has 0 aliphatic rings. The predicted molar refractivity (Wildman–Crippen MR) is 92.5 cm³/mol. The molecule has 0 saturated carbocycles. The fraction of sp³-hybridized carbons (Fsp3) is 0.222. The lowest BCUT2D eigenvalue weighted by Crippen LogP contribution is -2.18. The molecular formula is C18H16F2N2O3S. The molecule has 0 aliphatic carbocycles. The fourth-order valence-electron chi connectivity index (χ4n) is 2.11. The van der Waals surface area contributed by atoms with Crippen molar-refractivity contribution in [3.63, 3.8) is 0 Å². The van der Waals surface area contributed by atoms with E-state index in [2.05, 4.69) is 10.2 Å². The fourth-order valence-corrected chi connectivity index (χ4v) is 2.78. The van der Waals surface area contributed by atoms with Crippen molar-refractivity contribution in [1.82, 2.24) is 10.2 Å². The minimum Gasteiger partial charge on any atom is -0.411 e. The van der Waals surface area contributed by atoms with Gasteiger partial charge in [-0.2, -0.15) is 0 Å². The summed E-state index contributed by atoms with van der Waals surface area (Å²) in [5.74, 6) is -0.128. The highest BCUT2D eigenvalue weighted by Gasteiger charge is 2.12. The van der Waals surface area contributed by atoms with Gasteiger partial charge >= 0.3 is 0 Å². The topological polar surface area (TPSA) is 68.4 Å². The number of aliphatic hydroxyl groups excluding tert-OH is 1. The van der Waals surface area contributed by atoms with E-state index in [4.69, 9.17) is 9.15 Å². The third kappa shape index (κ3) is 5.10. The zero-order valence-electron chi connectivity index (χ0n) is 13.6. The Hall–Kier alpha value is -2.29. The third-order valence-electron chi connectivity index (χ3n) is 3.42. The van der Waals surface area contributed by atoms with Crippen molar-refractivity contribution in [1.29, 1.82) is 0 Å². The Balaban J connectivity index is 1.44. The summed E-state index contributed by atoms with van der Waals surface area (Å²) in [5, 5.41) is 18.0. The molecule has 3 rings (SSSR count). The van der Waals surface area contributed by atoms with Gasteiger partial charge in [0.2, 0.25) is 5.89 Å². The first kappa shape index (κ1) is 18.5. The molecule has 26 heavy (non-hydrogen) atoms. The van der Waals surface area contributed by atoms with Gasteiger partial charge in [-0.05, 0) is 30.3 Å². The maximum absolute atomic E-state index is 13.5. The van der Waals surface area contributed by atoms with E-state index < -0.39 is 6.10 Å². The largest absolute Gasteiger partial charge is 0.411 e. The van der Waals surface area contributed by atoms with Gasteiger partial charge in [0.15, 0.2) is 0 Å². The SMILES string of the molecule is O[C@H](COCc1ccccc1F)CSc1nnc(-c2ccc(F)cc2)o1. The number of hydrogen-bond donors (Lipinski definition) is 1. The molecule has 1 atom stereocenters. The number of benzene rings is 2. The molecule has 8 heteroatoms. The van der Waals surface area contributed by atoms with E-state index >= 15 is 0 Å². The van der Waals surface area contributed by atoms with Gasteiger partial charge in [0.1, 0.15) is 11.6 Å². The average Bonchev–Trinajstić information content (AvgIpc) is 3.11. The first-order valence-corrected chi connectivity index (χ1v) is 8.82. The number of aromatic nitrogens is 2. The zero-order chi connectivity index (χ0) is 18.4. The van der Waals surface area contributed by atoms with Crippen LogP contribution in [0.3, 0.4) is 0 Å². The van der Waals surface area contributed by atoms with Crippen molar-refractivity contribution >= 4 is 11.8 Å². The number of ether oxygens (including phenoxy) is 1. The lowest BCUT2D eigenvalue weighted by molar-refractivity contribution is 0.0386. The standard InChI is InChI=1S/C18H16F2N2O3S/c19-14-7-5-12(6-8-14)17-21-22-18(25-17)26-11-15(23)10-24-9-13-3-1-2-4-16(13)20/h1-8,15,23H,9-11H2/t15-/m1/s1. The van der Waals surface area contributed by atoms with E-state index in [1.54, 1.807) is 30.3 Å². The summed E-state index contributed by atoms with van der Waals surface area (Å²) in [6.07, 6.45) is -0.770. The van der Waals surface area contributed by atoms with Gasteiger partial charge in [0.25, 0.3) is 5.22 Å². The second-order valence-corrected chi connectivity index (χ2v) is 6.42. The van der Waals surface area contributed by atoms with E-state index in [0.717, 1.165) is 0 Å². The molecule has 0 bridgehead atoms. The second-order valence-electron chi connectivity index (χ2n) is 5.45. The third-order valence-corrected chi connectivity index (χ3v) is 4.39. The van der Waals surface area contributed by atoms with Gasteiger partial charge in [-0.15, -0.1) is 10.2 Å². The molecule has 0 amide bonds. The van der Waals surface area contributed by atoms with Crippen LogP contribution in [0.1, 0.15) is 5.56 Å². The minimum absolute atomic E-state index is 0.0558. The molecule has 0 aliphatic heterocycles. The lowest BCUT2D eigenvalue weighted by atomic mass is 10.2. The molecule has 1 N–H and O–H groups in total. The van der Waals surface area contributed by atoms with Crippen molar-refractivity contribution in [3.8, 4) is 11.5 Å². The highest BCUT2D eigenvalue weighted by atomic mass is 32.2. The lowest BCUT2D eigenvalue weighted by Gasteiger charge is -2.10. The Kier molecular flexibility index (Phi) is 6.32. The van der Waals surface area contributed by atoms with Crippen LogP contribution in [-0.4, -0.2) is 33.8 Å². The number of aliphatic hydroxyl groups is 1. The van der Waals surface area contributed by atoms with Crippen LogP contribution in [-0.2, 0) is 11.3 Å². The summed E-state index contributed by atoms with van der Waals surface area (Å²) in [7, 11) is 0. The zero-order valence-corrected chi connectivity index (χ0v) is 14.5. The van der Waals surface area contributed by atoms with Crippen LogP contribution in [0.15, 0.2) is 58.2 Å². The molecule has 0 spiro atoms. The second kappa shape index (κ2) is 8.88. The van der Waals surface area contributed by atoms with Crippen LogP contribution in [0.5, 0.6) is 0 Å². The van der Waals surface area contributed by atoms with Crippen LogP contribution in [0.25, 0.3) is 11.5 Å². The molecule has 0 fully saturated rings. The summed E-state index contributed by atoms with van der Waals surface area (Å²) >= 11 is 1.18. The Morgan fingerprint density at radius 2 is 1.85 bits per heavy atom. The number of nitrogens with zero attached hydrogens (tertiary/aromatic N) is 2. The molecule has 0 saturated heterocycles. The molecule has 2 aromatic carbocycles. The summed E-state index contributed by atoms with van der Waals surface area (Å²) in [4.78, 5) is 0. The first-order valence-electron chi connectivity index (χ1n) is 7.83. The van der Waals surface area contributed by atoms with Gasteiger partial charge in [-0.1, -0.05) is 30.0 Å². The van der Waals surface area contributed by atoms with Gasteiger partial charge in [-0.25, -0.2) is 8.78 Å². The van der Waals surface area contributed by atoms with E-state index in [-0.39, 0.29) is 41.7 Å². The highest BCUT2D eigenvalue weighted by molar-refractivity contribution is 7.99. The first-order chi connectivity index (χ1) is 12.6. The van der Waals surface area contributed by atoms with Gasteiger partial charge < -0.3 is 14.3 Å². The normalized spacial score (nSPS) is 12.3. The summed E-state index contributed by atoms with van der Waals surface area (Å²) in [6, 6.07) is 12.0. The van der Waals surface area contributed by atoms with Gasteiger partial charge in [0, 0.05) is 16.9 Å². The van der Waals surface area contributed by atoms with Crippen LogP contribution >= 0.6 is 11.8 Å². The number of hydrogen-bond acceptors (Lipinski definition) is 6. The van der Waals surface area contributed by atoms with Crippen LogP contribution in [0, 0.1) is 11.6 Å². The summed E-state index contributed by atoms with van der Waals surface area (Å²) in [5.41, 5.74) is 1.05. The minimum atomic E-state index is -0.770. The summed E-state index contributed by atoms with van der Waals surface area (Å²) in [6.45, 7) is 0.143. The maximum atomic E-state index is 13.5. The highest BCUT2D eigenvalue weighted by Crippen LogP contribution is 2.23.